The largest absolute Gasteiger partial charge is 0.713 e. The van der Waals surface area contributed by atoms with Crippen LogP contribution in [0.3, 0.4) is 0 Å². The third-order valence-corrected chi connectivity index (χ3v) is 2.00. The van der Waals surface area contributed by atoms with Gasteiger partial charge in [0.15, 0.2) is 0 Å². The van der Waals surface area contributed by atoms with Crippen LogP contribution in [0.5, 0.6) is 0 Å². The second-order valence-electron chi connectivity index (χ2n) is 2.84. The lowest BCUT2D eigenvalue weighted by molar-refractivity contribution is 0.224. The minimum absolute atomic E-state index is 0.480. The van der Waals surface area contributed by atoms with E-state index < -0.39 is 7.32 Å². The van der Waals surface area contributed by atoms with E-state index in [0.717, 1.165) is 12.2 Å². The van der Waals surface area contributed by atoms with E-state index in [0.29, 0.717) is 13.2 Å². The minimum atomic E-state index is -0.480. The van der Waals surface area contributed by atoms with Gasteiger partial charge in [0, 0.05) is 0 Å². The molecular formula is C8H15BO3. The predicted molar refractivity (Wildman–Crippen MR) is 47.4 cm³/mol. The molecule has 1 rings (SSSR count). The monoisotopic (exact) mass is 170 g/mol. The van der Waals surface area contributed by atoms with Crippen LogP contribution in [0.25, 0.3) is 0 Å². The van der Waals surface area contributed by atoms with Gasteiger partial charge < -0.3 is 14.0 Å². The first kappa shape index (κ1) is 9.61. The van der Waals surface area contributed by atoms with E-state index in [2.05, 4.69) is 6.92 Å². The molecule has 0 unspecified atom stereocenters. The molecule has 0 spiro atoms. The van der Waals surface area contributed by atoms with E-state index >= 15 is 0 Å². The molecule has 0 aliphatic carbocycles. The minimum Gasteiger partial charge on any atom is -0.516 e. The van der Waals surface area contributed by atoms with Crippen LogP contribution < -0.4 is 0 Å². The molecule has 4 heteroatoms. The predicted octanol–water partition coefficient (Wildman–Crippen LogP) is 1.74. The summed E-state index contributed by atoms with van der Waals surface area (Å²) in [5.74, 6) is 0.907. The first-order valence-electron chi connectivity index (χ1n) is 4.30. The van der Waals surface area contributed by atoms with Gasteiger partial charge in [0.05, 0.1) is 19.0 Å². The molecule has 0 aromatic carbocycles. The highest BCUT2D eigenvalue weighted by atomic mass is 16.8. The van der Waals surface area contributed by atoms with Crippen LogP contribution in [0.2, 0.25) is 0 Å². The van der Waals surface area contributed by atoms with Crippen LogP contribution in [0.4, 0.5) is 0 Å². The zero-order valence-corrected chi connectivity index (χ0v) is 7.92. The number of rotatable bonds is 3. The average Bonchev–Trinajstić information content (AvgIpc) is 2.55. The molecule has 0 N–H and O–H groups in total. The maximum Gasteiger partial charge on any atom is 0.713 e. The van der Waals surface area contributed by atoms with Gasteiger partial charge in [0.1, 0.15) is 0 Å². The van der Waals surface area contributed by atoms with Gasteiger partial charge >= 0.3 is 7.32 Å². The van der Waals surface area contributed by atoms with Gasteiger partial charge in [-0.2, -0.15) is 0 Å². The molecule has 1 fully saturated rings. The van der Waals surface area contributed by atoms with Crippen molar-refractivity contribution in [3.05, 3.63) is 11.3 Å². The van der Waals surface area contributed by atoms with Crippen LogP contribution >= 0.6 is 0 Å². The summed E-state index contributed by atoms with van der Waals surface area (Å²) < 4.78 is 15.7. The molecule has 12 heavy (non-hydrogen) atoms. The van der Waals surface area contributed by atoms with Crippen molar-refractivity contribution in [2.24, 2.45) is 0 Å². The van der Waals surface area contributed by atoms with E-state index in [-0.39, 0.29) is 0 Å². The fourth-order valence-corrected chi connectivity index (χ4v) is 0.899. The molecular weight excluding hydrogens is 155 g/mol. The Labute approximate surface area is 73.9 Å². The second kappa shape index (κ2) is 4.53. The molecule has 0 saturated carbocycles. The maximum absolute atomic E-state index is 5.40. The van der Waals surface area contributed by atoms with Gasteiger partial charge in [-0.3, -0.25) is 0 Å². The fraction of sp³-hybridized carbons (Fsp3) is 0.750. The smallest absolute Gasteiger partial charge is 0.516 e. The lowest BCUT2D eigenvalue weighted by atomic mass is 10.2. The van der Waals surface area contributed by atoms with Crippen molar-refractivity contribution < 1.29 is 14.0 Å². The second-order valence-corrected chi connectivity index (χ2v) is 2.84. The first-order chi connectivity index (χ1) is 5.74. The van der Waals surface area contributed by atoms with Gasteiger partial charge in [-0.25, -0.2) is 0 Å². The van der Waals surface area contributed by atoms with E-state index in [4.69, 9.17) is 14.0 Å². The number of hydrogen-bond donors (Lipinski definition) is 0. The topological polar surface area (TPSA) is 27.7 Å². The Balaban J connectivity index is 2.38. The van der Waals surface area contributed by atoms with Gasteiger partial charge in [0.2, 0.25) is 0 Å². The van der Waals surface area contributed by atoms with Crippen molar-refractivity contribution in [2.75, 3.05) is 13.2 Å². The van der Waals surface area contributed by atoms with Crippen LogP contribution in [0.15, 0.2) is 11.3 Å². The van der Waals surface area contributed by atoms with Gasteiger partial charge in [-0.15, -0.1) is 0 Å². The van der Waals surface area contributed by atoms with Crippen LogP contribution in [-0.2, 0) is 14.0 Å². The molecule has 1 saturated heterocycles. The molecule has 0 amide bonds. The molecule has 0 radical (unpaired) electrons. The summed E-state index contributed by atoms with van der Waals surface area (Å²) in [7, 11) is -0.480. The summed E-state index contributed by atoms with van der Waals surface area (Å²) in [4.78, 5) is 0. The van der Waals surface area contributed by atoms with Gasteiger partial charge in [-0.05, 0) is 25.8 Å². The van der Waals surface area contributed by atoms with Gasteiger partial charge in [0.25, 0.3) is 0 Å². The Hall–Kier alpha value is -0.475. The maximum atomic E-state index is 5.40. The van der Waals surface area contributed by atoms with Crippen molar-refractivity contribution in [3.8, 4) is 0 Å². The molecule has 0 atom stereocenters. The molecule has 1 aliphatic rings. The highest BCUT2D eigenvalue weighted by Gasteiger charge is 2.29. The lowest BCUT2D eigenvalue weighted by Gasteiger charge is -2.10. The third kappa shape index (κ3) is 2.53. The van der Waals surface area contributed by atoms with E-state index in [9.17, 15) is 0 Å². The normalized spacial score (nSPS) is 19.4. The molecule has 0 bridgehead atoms. The highest BCUT2D eigenvalue weighted by molar-refractivity contribution is 6.37. The van der Waals surface area contributed by atoms with Gasteiger partial charge in [-0.1, -0.05) is 6.92 Å². The molecule has 1 heterocycles. The SMILES string of the molecule is CC/C(C)=C(\C)OB1OCCO1. The van der Waals surface area contributed by atoms with Crippen molar-refractivity contribution >= 4 is 7.32 Å². The highest BCUT2D eigenvalue weighted by Crippen LogP contribution is 2.12. The van der Waals surface area contributed by atoms with Crippen molar-refractivity contribution in [1.82, 2.24) is 0 Å². The number of hydrogen-bond acceptors (Lipinski definition) is 3. The zero-order chi connectivity index (χ0) is 8.97. The summed E-state index contributed by atoms with van der Waals surface area (Å²) in [6, 6.07) is 0. The summed E-state index contributed by atoms with van der Waals surface area (Å²) >= 11 is 0. The average molecular weight is 170 g/mol. The van der Waals surface area contributed by atoms with Crippen molar-refractivity contribution in [2.45, 2.75) is 27.2 Å². The molecule has 68 valence electrons. The van der Waals surface area contributed by atoms with Crippen molar-refractivity contribution in [1.29, 1.82) is 0 Å². The Morgan fingerprint density at radius 3 is 2.42 bits per heavy atom. The van der Waals surface area contributed by atoms with Crippen LogP contribution in [0, 0.1) is 0 Å². The Kier molecular flexibility index (Phi) is 3.63. The summed E-state index contributed by atoms with van der Waals surface area (Å²) in [5, 5.41) is 0. The summed E-state index contributed by atoms with van der Waals surface area (Å²) in [6.07, 6.45) is 0.999. The Morgan fingerprint density at radius 1 is 1.33 bits per heavy atom. The molecule has 0 aromatic rings. The molecule has 1 aliphatic heterocycles. The Morgan fingerprint density at radius 2 is 1.92 bits per heavy atom. The number of allylic oxidation sites excluding steroid dienone is 2. The zero-order valence-electron chi connectivity index (χ0n) is 7.92. The van der Waals surface area contributed by atoms with Crippen LogP contribution in [-0.4, -0.2) is 20.5 Å². The van der Waals surface area contributed by atoms with E-state index in [1.165, 1.54) is 5.57 Å². The van der Waals surface area contributed by atoms with Crippen molar-refractivity contribution in [3.63, 3.8) is 0 Å². The lowest BCUT2D eigenvalue weighted by Crippen LogP contribution is -2.18. The Bertz CT molecular complexity index is 173. The molecule has 0 aromatic heterocycles. The summed E-state index contributed by atoms with van der Waals surface area (Å²) in [5.41, 5.74) is 1.23. The quantitative estimate of drug-likeness (QED) is 0.476. The van der Waals surface area contributed by atoms with Crippen LogP contribution in [0.1, 0.15) is 27.2 Å². The standard InChI is InChI=1S/C8H15BO3/c1-4-7(2)8(3)12-9-10-5-6-11-9/h4-6H2,1-3H3/b8-7+. The first-order valence-corrected chi connectivity index (χ1v) is 4.30. The fourth-order valence-electron chi connectivity index (χ4n) is 0.899. The summed E-state index contributed by atoms with van der Waals surface area (Å²) in [6.45, 7) is 7.33. The third-order valence-electron chi connectivity index (χ3n) is 2.00. The molecule has 3 nitrogen and oxygen atoms in total. The van der Waals surface area contributed by atoms with E-state index in [1.54, 1.807) is 0 Å². The van der Waals surface area contributed by atoms with E-state index in [1.807, 2.05) is 13.8 Å².